The standard InChI is InChI=1S/C26H35N3O3/c1-25(2,3)20-15-17(16-21(23(20)31)26(4,5)6)7-12-22(30)28-18-8-10-19(11-9-18)29-14-13-27-24(29)32/h8-11,15-16,31H,7,12-14H2,1-6H3,(H,27,32)(H,28,30). The summed E-state index contributed by atoms with van der Waals surface area (Å²) < 4.78 is 0. The van der Waals surface area contributed by atoms with Crippen molar-refractivity contribution in [2.45, 2.75) is 65.2 Å². The van der Waals surface area contributed by atoms with Crippen LogP contribution in [0, 0.1) is 0 Å². The average Bonchev–Trinajstić information content (AvgIpc) is 3.12. The van der Waals surface area contributed by atoms with Crippen molar-refractivity contribution in [3.8, 4) is 5.75 Å². The van der Waals surface area contributed by atoms with Gasteiger partial charge >= 0.3 is 6.03 Å². The molecule has 6 heteroatoms. The summed E-state index contributed by atoms with van der Waals surface area (Å²) in [7, 11) is 0. The zero-order chi connectivity index (χ0) is 23.7. The Kier molecular flexibility index (Phi) is 6.54. The molecule has 0 atom stereocenters. The van der Waals surface area contributed by atoms with Crippen molar-refractivity contribution in [1.82, 2.24) is 5.32 Å². The molecule has 1 saturated heterocycles. The lowest BCUT2D eigenvalue weighted by Crippen LogP contribution is -2.27. The van der Waals surface area contributed by atoms with Crippen LogP contribution in [0.15, 0.2) is 36.4 Å². The summed E-state index contributed by atoms with van der Waals surface area (Å²) in [5.41, 5.74) is 3.97. The molecule has 0 bridgehead atoms. The first-order valence-corrected chi connectivity index (χ1v) is 11.2. The van der Waals surface area contributed by atoms with Crippen molar-refractivity contribution < 1.29 is 14.7 Å². The number of phenolic OH excluding ortho intramolecular Hbond substituents is 1. The molecule has 1 heterocycles. The van der Waals surface area contributed by atoms with Crippen LogP contribution in [0.1, 0.15) is 64.7 Å². The van der Waals surface area contributed by atoms with Crippen LogP contribution in [0.3, 0.4) is 0 Å². The number of nitrogens with one attached hydrogen (secondary N) is 2. The second-order valence-corrected chi connectivity index (χ2v) is 10.5. The van der Waals surface area contributed by atoms with Gasteiger partial charge in [-0.05, 0) is 58.2 Å². The normalized spacial score (nSPS) is 14.4. The first-order chi connectivity index (χ1) is 14.9. The lowest BCUT2D eigenvalue weighted by molar-refractivity contribution is -0.116. The largest absolute Gasteiger partial charge is 0.507 e. The Morgan fingerprint density at radius 3 is 2.06 bits per heavy atom. The molecule has 1 fully saturated rings. The fourth-order valence-electron chi connectivity index (χ4n) is 3.91. The van der Waals surface area contributed by atoms with Gasteiger partial charge in [0, 0.05) is 30.9 Å². The van der Waals surface area contributed by atoms with Crippen LogP contribution in [0.5, 0.6) is 5.75 Å². The topological polar surface area (TPSA) is 81.7 Å². The Hall–Kier alpha value is -3.02. The predicted octanol–water partition coefficient (Wildman–Crippen LogP) is 5.09. The monoisotopic (exact) mass is 437 g/mol. The number of carbonyl (C=O) groups is 2. The molecular weight excluding hydrogens is 402 g/mol. The number of amides is 3. The summed E-state index contributed by atoms with van der Waals surface area (Å²) in [5.74, 6) is 0.282. The predicted molar refractivity (Wildman–Crippen MR) is 130 cm³/mol. The smallest absolute Gasteiger partial charge is 0.321 e. The van der Waals surface area contributed by atoms with Crippen molar-refractivity contribution in [2.75, 3.05) is 23.3 Å². The van der Waals surface area contributed by atoms with Crippen molar-refractivity contribution in [3.63, 3.8) is 0 Å². The first-order valence-electron chi connectivity index (χ1n) is 11.2. The minimum atomic E-state index is -0.198. The number of hydrogen-bond acceptors (Lipinski definition) is 3. The summed E-state index contributed by atoms with van der Waals surface area (Å²) >= 11 is 0. The van der Waals surface area contributed by atoms with Crippen molar-refractivity contribution in [2.24, 2.45) is 0 Å². The van der Waals surface area contributed by atoms with Gasteiger partial charge in [0.15, 0.2) is 0 Å². The number of carbonyl (C=O) groups excluding carboxylic acids is 2. The van der Waals surface area contributed by atoms with Gasteiger partial charge in [-0.25, -0.2) is 4.79 Å². The third kappa shape index (κ3) is 5.42. The third-order valence-electron chi connectivity index (χ3n) is 5.75. The van der Waals surface area contributed by atoms with E-state index < -0.39 is 0 Å². The molecule has 0 aliphatic carbocycles. The Morgan fingerprint density at radius 1 is 1.03 bits per heavy atom. The molecule has 172 valence electrons. The molecule has 32 heavy (non-hydrogen) atoms. The molecule has 0 saturated carbocycles. The quantitative estimate of drug-likeness (QED) is 0.609. The maximum Gasteiger partial charge on any atom is 0.321 e. The van der Waals surface area contributed by atoms with E-state index in [0.717, 1.165) is 22.4 Å². The minimum Gasteiger partial charge on any atom is -0.507 e. The highest BCUT2D eigenvalue weighted by atomic mass is 16.3. The average molecular weight is 438 g/mol. The maximum atomic E-state index is 12.6. The van der Waals surface area contributed by atoms with Gasteiger partial charge in [-0.3, -0.25) is 9.69 Å². The van der Waals surface area contributed by atoms with E-state index in [1.54, 1.807) is 4.90 Å². The van der Waals surface area contributed by atoms with Gasteiger partial charge < -0.3 is 15.7 Å². The molecule has 3 N–H and O–H groups in total. The number of aromatic hydroxyl groups is 1. The van der Waals surface area contributed by atoms with Gasteiger partial charge in [0.05, 0.1) is 0 Å². The molecule has 0 unspecified atom stereocenters. The third-order valence-corrected chi connectivity index (χ3v) is 5.75. The maximum absolute atomic E-state index is 12.6. The molecule has 1 aliphatic heterocycles. The zero-order valence-electron chi connectivity index (χ0n) is 20.0. The van der Waals surface area contributed by atoms with Crippen LogP contribution < -0.4 is 15.5 Å². The molecular formula is C26H35N3O3. The van der Waals surface area contributed by atoms with Gasteiger partial charge in [0.1, 0.15) is 5.75 Å². The van der Waals surface area contributed by atoms with Crippen LogP contribution >= 0.6 is 0 Å². The summed E-state index contributed by atoms with van der Waals surface area (Å²) in [5, 5.41) is 16.6. The van der Waals surface area contributed by atoms with Crippen molar-refractivity contribution >= 4 is 23.3 Å². The number of aryl methyl sites for hydroxylation is 1. The summed E-state index contributed by atoms with van der Waals surface area (Å²) in [6.45, 7) is 13.8. The van der Waals surface area contributed by atoms with Crippen molar-refractivity contribution in [1.29, 1.82) is 0 Å². The van der Waals surface area contributed by atoms with E-state index in [1.165, 1.54) is 0 Å². The number of nitrogens with zero attached hydrogens (tertiary/aromatic N) is 1. The molecule has 1 aliphatic rings. The lowest BCUT2D eigenvalue weighted by Gasteiger charge is -2.28. The second kappa shape index (κ2) is 8.85. The number of urea groups is 1. The Balaban J connectivity index is 1.68. The van der Waals surface area contributed by atoms with Gasteiger partial charge in [0.25, 0.3) is 0 Å². The number of benzene rings is 2. The first kappa shape index (κ1) is 23.6. The molecule has 3 amide bonds. The highest BCUT2D eigenvalue weighted by molar-refractivity contribution is 5.95. The van der Waals surface area contributed by atoms with E-state index in [2.05, 4.69) is 52.2 Å². The summed E-state index contributed by atoms with van der Waals surface area (Å²) in [4.78, 5) is 26.0. The van der Waals surface area contributed by atoms with E-state index in [1.807, 2.05) is 36.4 Å². The number of anilines is 2. The Labute approximate surface area is 191 Å². The van der Waals surface area contributed by atoms with E-state index in [4.69, 9.17) is 0 Å². The summed E-state index contributed by atoms with van der Waals surface area (Å²) in [6, 6.07) is 11.3. The fraction of sp³-hybridized carbons (Fsp3) is 0.462. The second-order valence-electron chi connectivity index (χ2n) is 10.5. The van der Waals surface area contributed by atoms with Crippen LogP contribution in [-0.2, 0) is 22.0 Å². The van der Waals surface area contributed by atoms with Crippen LogP contribution in [0.2, 0.25) is 0 Å². The van der Waals surface area contributed by atoms with Gasteiger partial charge in [-0.2, -0.15) is 0 Å². The van der Waals surface area contributed by atoms with Crippen LogP contribution in [-0.4, -0.2) is 30.1 Å². The zero-order valence-corrected chi connectivity index (χ0v) is 20.0. The van der Waals surface area contributed by atoms with E-state index in [-0.39, 0.29) is 22.8 Å². The number of rotatable bonds is 5. The van der Waals surface area contributed by atoms with Gasteiger partial charge in [-0.1, -0.05) is 53.7 Å². The molecule has 0 spiro atoms. The molecule has 6 nitrogen and oxygen atoms in total. The van der Waals surface area contributed by atoms with E-state index >= 15 is 0 Å². The minimum absolute atomic E-state index is 0.0700. The molecule has 2 aromatic rings. The highest BCUT2D eigenvalue weighted by Crippen LogP contribution is 2.40. The van der Waals surface area contributed by atoms with Gasteiger partial charge in [0.2, 0.25) is 5.91 Å². The Morgan fingerprint density at radius 2 is 1.59 bits per heavy atom. The van der Waals surface area contributed by atoms with Crippen LogP contribution in [0.25, 0.3) is 0 Å². The summed E-state index contributed by atoms with van der Waals surface area (Å²) in [6.07, 6.45) is 0.929. The lowest BCUT2D eigenvalue weighted by atomic mass is 9.78. The highest BCUT2D eigenvalue weighted by Gasteiger charge is 2.26. The van der Waals surface area contributed by atoms with Crippen molar-refractivity contribution in [3.05, 3.63) is 53.1 Å². The fourth-order valence-corrected chi connectivity index (χ4v) is 3.91. The number of hydrogen-bond donors (Lipinski definition) is 3. The Bertz CT molecular complexity index is 963. The van der Waals surface area contributed by atoms with E-state index in [9.17, 15) is 14.7 Å². The molecule has 0 aromatic heterocycles. The molecule has 3 rings (SSSR count). The SMILES string of the molecule is CC(C)(C)c1cc(CCC(=O)Nc2ccc(N3CCNC3=O)cc2)cc(C(C)(C)C)c1O. The molecule has 0 radical (unpaired) electrons. The van der Waals surface area contributed by atoms with E-state index in [0.29, 0.717) is 37.4 Å². The van der Waals surface area contributed by atoms with Crippen LogP contribution in [0.4, 0.5) is 16.2 Å². The van der Waals surface area contributed by atoms with Gasteiger partial charge in [-0.15, -0.1) is 0 Å². The number of phenols is 1. The molecule has 2 aromatic carbocycles.